The minimum atomic E-state index is -3.66. The Morgan fingerprint density at radius 3 is 2.39 bits per heavy atom. The highest BCUT2D eigenvalue weighted by Gasteiger charge is 2.22. The molecule has 2 aromatic carbocycles. The lowest BCUT2D eigenvalue weighted by Crippen LogP contribution is -2.28. The molecule has 0 aliphatic heterocycles. The van der Waals surface area contributed by atoms with Gasteiger partial charge in [0, 0.05) is 11.0 Å². The Bertz CT molecular complexity index is 1050. The second-order valence-corrected chi connectivity index (χ2v) is 9.05. The van der Waals surface area contributed by atoms with Gasteiger partial charge in [0.25, 0.3) is 0 Å². The predicted molar refractivity (Wildman–Crippen MR) is 112 cm³/mol. The van der Waals surface area contributed by atoms with E-state index in [-0.39, 0.29) is 4.90 Å². The average molecular weight is 464 g/mol. The molecule has 0 aliphatic carbocycles. The lowest BCUT2D eigenvalue weighted by molar-refractivity contribution is 0.408. The number of aromatic nitrogens is 2. The number of nitrogens with one attached hydrogen (secondary N) is 1. The summed E-state index contributed by atoms with van der Waals surface area (Å²) in [6, 6.07) is 14.1. The number of aryl methyl sites for hydroxylation is 1. The molecule has 0 bridgehead atoms. The monoisotopic (exact) mass is 463 g/mol. The summed E-state index contributed by atoms with van der Waals surface area (Å²) in [6.07, 6.45) is 1.64. The van der Waals surface area contributed by atoms with Gasteiger partial charge in [-0.2, -0.15) is 0 Å². The molecule has 0 radical (unpaired) electrons. The minimum absolute atomic E-state index is 0.209. The molecule has 1 unspecified atom stereocenters. The molecule has 28 heavy (non-hydrogen) atoms. The van der Waals surface area contributed by atoms with Crippen molar-refractivity contribution in [3.05, 3.63) is 70.5 Å². The molecule has 6 nitrogen and oxygen atoms in total. The van der Waals surface area contributed by atoms with Gasteiger partial charge in [-0.1, -0.05) is 33.6 Å². The van der Waals surface area contributed by atoms with Crippen LogP contribution in [0.4, 0.5) is 0 Å². The third-order valence-corrected chi connectivity index (χ3v) is 6.38. The maximum atomic E-state index is 12.7. The normalized spacial score (nSPS) is 12.7. The molecular weight excluding hydrogens is 442 g/mol. The Labute approximate surface area is 173 Å². The smallest absolute Gasteiger partial charge is 0.302 e. The Morgan fingerprint density at radius 1 is 1.14 bits per heavy atom. The van der Waals surface area contributed by atoms with E-state index in [4.69, 9.17) is 4.74 Å². The summed E-state index contributed by atoms with van der Waals surface area (Å²) in [7, 11) is -3.66. The van der Waals surface area contributed by atoms with Gasteiger partial charge in [-0.15, -0.1) is 0 Å². The number of hydrogen-bond acceptors (Lipinski definition) is 4. The number of hydrogen-bond donors (Lipinski definition) is 1. The van der Waals surface area contributed by atoms with Gasteiger partial charge in [0.05, 0.1) is 22.8 Å². The van der Waals surface area contributed by atoms with E-state index in [1.165, 1.54) is 0 Å². The maximum Gasteiger partial charge on any atom is 0.302 e. The van der Waals surface area contributed by atoms with Gasteiger partial charge in [-0.25, -0.2) is 18.1 Å². The van der Waals surface area contributed by atoms with E-state index in [2.05, 4.69) is 25.6 Å². The lowest BCUT2D eigenvalue weighted by Gasteiger charge is -2.17. The fourth-order valence-electron chi connectivity index (χ4n) is 2.80. The predicted octanol–water partition coefficient (Wildman–Crippen LogP) is 4.81. The zero-order valence-electron chi connectivity index (χ0n) is 15.9. The molecule has 8 heteroatoms. The fourth-order valence-corrected chi connectivity index (χ4v) is 4.28. The molecule has 1 heterocycles. The van der Waals surface area contributed by atoms with Crippen LogP contribution in [0.3, 0.4) is 0 Å². The number of nitrogens with zero attached hydrogens (tertiary/aromatic N) is 2. The van der Waals surface area contributed by atoms with E-state index in [9.17, 15) is 8.42 Å². The van der Waals surface area contributed by atoms with Crippen molar-refractivity contribution in [3.8, 4) is 11.8 Å². The van der Waals surface area contributed by atoms with Crippen LogP contribution in [0.2, 0.25) is 0 Å². The Hall–Kier alpha value is -2.16. The summed E-state index contributed by atoms with van der Waals surface area (Å²) in [4.78, 5) is 4.55. The molecular formula is C20H22BrN3O3S. The van der Waals surface area contributed by atoms with E-state index in [1.807, 2.05) is 42.7 Å². The van der Waals surface area contributed by atoms with Gasteiger partial charge in [-0.3, -0.25) is 4.57 Å². The van der Waals surface area contributed by atoms with Crippen molar-refractivity contribution < 1.29 is 13.2 Å². The first kappa shape index (κ1) is 20.6. The molecule has 0 saturated heterocycles. The first-order valence-corrected chi connectivity index (χ1v) is 11.2. The lowest BCUT2D eigenvalue weighted by atomic mass is 10.2. The molecule has 0 fully saturated rings. The minimum Gasteiger partial charge on any atom is -0.426 e. The molecule has 148 valence electrons. The van der Waals surface area contributed by atoms with Gasteiger partial charge >= 0.3 is 6.01 Å². The molecule has 0 amide bonds. The number of halogens is 1. The van der Waals surface area contributed by atoms with Gasteiger partial charge in [0.1, 0.15) is 5.75 Å². The zero-order chi connectivity index (χ0) is 20.3. The van der Waals surface area contributed by atoms with Crippen LogP contribution >= 0.6 is 15.9 Å². The van der Waals surface area contributed by atoms with Crippen LogP contribution in [-0.2, 0) is 16.6 Å². The maximum absolute atomic E-state index is 12.7. The zero-order valence-corrected chi connectivity index (χ0v) is 18.3. The van der Waals surface area contributed by atoms with Crippen LogP contribution in [0.15, 0.2) is 64.1 Å². The molecule has 1 N–H and O–H groups in total. The molecule has 0 spiro atoms. The summed E-state index contributed by atoms with van der Waals surface area (Å²) >= 11 is 3.31. The average Bonchev–Trinajstić information content (AvgIpc) is 3.06. The first-order valence-electron chi connectivity index (χ1n) is 8.88. The van der Waals surface area contributed by atoms with E-state index < -0.39 is 16.1 Å². The number of rotatable bonds is 7. The van der Waals surface area contributed by atoms with Crippen molar-refractivity contribution >= 4 is 26.0 Å². The summed E-state index contributed by atoms with van der Waals surface area (Å²) in [6.45, 7) is 6.35. The van der Waals surface area contributed by atoms with Crippen molar-refractivity contribution in [2.45, 2.75) is 38.3 Å². The Kier molecular flexibility index (Phi) is 6.22. The summed E-state index contributed by atoms with van der Waals surface area (Å²) in [5, 5.41) is 0. The summed E-state index contributed by atoms with van der Waals surface area (Å²) in [5.41, 5.74) is 1.87. The van der Waals surface area contributed by atoms with Crippen molar-refractivity contribution in [3.63, 3.8) is 0 Å². The topological polar surface area (TPSA) is 73.2 Å². The number of benzene rings is 2. The summed E-state index contributed by atoms with van der Waals surface area (Å²) < 4.78 is 36.6. The van der Waals surface area contributed by atoms with Crippen molar-refractivity contribution in [2.24, 2.45) is 0 Å². The van der Waals surface area contributed by atoms with Crippen molar-refractivity contribution in [1.82, 2.24) is 14.3 Å². The van der Waals surface area contributed by atoms with Crippen LogP contribution in [0, 0.1) is 6.92 Å². The molecule has 3 rings (SSSR count). The fraction of sp³-hybridized carbons (Fsp3) is 0.250. The molecule has 1 aromatic heterocycles. The van der Waals surface area contributed by atoms with Gasteiger partial charge in [0.15, 0.2) is 0 Å². The summed E-state index contributed by atoms with van der Waals surface area (Å²) in [5.74, 6) is 0.681. The van der Waals surface area contributed by atoms with Gasteiger partial charge < -0.3 is 4.74 Å². The van der Waals surface area contributed by atoms with E-state index >= 15 is 0 Å². The SMILES string of the molecule is CCn1c(C(C)NS(=O)(=O)c2ccc(Br)cc2)cnc1Oc1ccc(C)cc1. The first-order chi connectivity index (χ1) is 13.3. The number of ether oxygens (including phenoxy) is 1. The third-order valence-electron chi connectivity index (χ3n) is 4.30. The standard InChI is InChI=1S/C20H22BrN3O3S/c1-4-24-19(13-22-20(24)27-17-9-5-14(2)6-10-17)15(3)23-28(25,26)18-11-7-16(21)8-12-18/h5-13,15,23H,4H2,1-3H3. The van der Waals surface area contributed by atoms with Crippen LogP contribution in [0.1, 0.15) is 31.1 Å². The van der Waals surface area contributed by atoms with E-state index in [1.54, 1.807) is 37.4 Å². The van der Waals surface area contributed by atoms with E-state index in [0.29, 0.717) is 18.3 Å². The van der Waals surface area contributed by atoms with Crippen LogP contribution in [0.5, 0.6) is 11.8 Å². The highest BCUT2D eigenvalue weighted by Crippen LogP contribution is 2.26. The van der Waals surface area contributed by atoms with E-state index in [0.717, 1.165) is 15.7 Å². The quantitative estimate of drug-likeness (QED) is 0.545. The van der Waals surface area contributed by atoms with Gasteiger partial charge in [0.2, 0.25) is 10.0 Å². The highest BCUT2D eigenvalue weighted by atomic mass is 79.9. The number of sulfonamides is 1. The molecule has 0 aliphatic rings. The highest BCUT2D eigenvalue weighted by molar-refractivity contribution is 9.10. The van der Waals surface area contributed by atoms with Crippen LogP contribution in [-0.4, -0.2) is 18.0 Å². The molecule has 0 saturated carbocycles. The molecule has 1 atom stereocenters. The largest absolute Gasteiger partial charge is 0.426 e. The third kappa shape index (κ3) is 4.63. The Balaban J connectivity index is 1.81. The van der Waals surface area contributed by atoms with Crippen molar-refractivity contribution in [2.75, 3.05) is 0 Å². The number of imidazole rings is 1. The Morgan fingerprint density at radius 2 is 1.79 bits per heavy atom. The molecule has 3 aromatic rings. The second kappa shape index (κ2) is 8.46. The van der Waals surface area contributed by atoms with Crippen molar-refractivity contribution in [1.29, 1.82) is 0 Å². The van der Waals surface area contributed by atoms with Crippen LogP contribution in [0.25, 0.3) is 0 Å². The van der Waals surface area contributed by atoms with Crippen LogP contribution < -0.4 is 9.46 Å². The second-order valence-electron chi connectivity index (χ2n) is 6.42. The van der Waals surface area contributed by atoms with Gasteiger partial charge in [-0.05, 0) is 57.2 Å².